The van der Waals surface area contributed by atoms with Crippen LogP contribution in [-0.4, -0.2) is 48.0 Å². The average Bonchev–Trinajstić information content (AvgIpc) is 2.94. The fourth-order valence-electron chi connectivity index (χ4n) is 2.64. The number of furan rings is 1. The first-order valence-corrected chi connectivity index (χ1v) is 6.94. The fraction of sp³-hybridized carbons (Fsp3) is 0.714. The van der Waals surface area contributed by atoms with Gasteiger partial charge in [-0.1, -0.05) is 6.92 Å². The second-order valence-corrected chi connectivity index (χ2v) is 5.22. The number of hydrogen-bond acceptors (Lipinski definition) is 5. The number of nitrogens with zero attached hydrogens (tertiary/aromatic N) is 1. The molecule has 5 nitrogen and oxygen atoms in total. The van der Waals surface area contributed by atoms with Crippen molar-refractivity contribution in [3.8, 4) is 0 Å². The molecule has 19 heavy (non-hydrogen) atoms. The van der Waals surface area contributed by atoms with Gasteiger partial charge < -0.3 is 20.0 Å². The Labute approximate surface area is 114 Å². The summed E-state index contributed by atoms with van der Waals surface area (Å²) < 4.78 is 11.2. The van der Waals surface area contributed by atoms with E-state index >= 15 is 0 Å². The summed E-state index contributed by atoms with van der Waals surface area (Å²) in [6, 6.07) is 4.16. The van der Waals surface area contributed by atoms with Crippen molar-refractivity contribution < 1.29 is 14.3 Å². The minimum absolute atomic E-state index is 0.00560. The van der Waals surface area contributed by atoms with Crippen LogP contribution >= 0.6 is 0 Å². The number of nitrogens with two attached hydrogens (primary N) is 1. The van der Waals surface area contributed by atoms with Crippen LogP contribution in [0, 0.1) is 0 Å². The third-order valence-corrected chi connectivity index (χ3v) is 3.83. The molecule has 0 saturated carbocycles. The number of morpholine rings is 1. The summed E-state index contributed by atoms with van der Waals surface area (Å²) in [6.07, 6.45) is 2.41. The van der Waals surface area contributed by atoms with Crippen LogP contribution in [0.25, 0.3) is 0 Å². The van der Waals surface area contributed by atoms with Crippen molar-refractivity contribution in [1.82, 2.24) is 4.90 Å². The molecule has 0 aliphatic carbocycles. The molecule has 1 aliphatic rings. The van der Waals surface area contributed by atoms with Gasteiger partial charge in [-0.15, -0.1) is 0 Å². The summed E-state index contributed by atoms with van der Waals surface area (Å²) in [5.41, 5.74) is 6.28. The van der Waals surface area contributed by atoms with Crippen molar-refractivity contribution in [2.24, 2.45) is 5.73 Å². The molecule has 108 valence electrons. The van der Waals surface area contributed by atoms with E-state index in [0.29, 0.717) is 13.2 Å². The molecule has 4 atom stereocenters. The van der Waals surface area contributed by atoms with Gasteiger partial charge in [0.1, 0.15) is 5.76 Å². The molecule has 0 bridgehead atoms. The molecule has 2 heterocycles. The van der Waals surface area contributed by atoms with Crippen LogP contribution in [0.15, 0.2) is 22.8 Å². The molecule has 0 spiro atoms. The number of rotatable bonds is 5. The van der Waals surface area contributed by atoms with Gasteiger partial charge in [-0.25, -0.2) is 0 Å². The van der Waals surface area contributed by atoms with Gasteiger partial charge in [0, 0.05) is 18.6 Å². The maximum Gasteiger partial charge on any atom is 0.122 e. The number of hydrogen-bond donors (Lipinski definition) is 2. The van der Waals surface area contributed by atoms with Gasteiger partial charge in [0.05, 0.1) is 31.6 Å². The zero-order valence-corrected chi connectivity index (χ0v) is 11.7. The van der Waals surface area contributed by atoms with Gasteiger partial charge in [-0.2, -0.15) is 0 Å². The van der Waals surface area contributed by atoms with E-state index < -0.39 is 0 Å². The molecule has 0 amide bonds. The van der Waals surface area contributed by atoms with Crippen LogP contribution in [0.4, 0.5) is 0 Å². The van der Waals surface area contributed by atoms with E-state index in [9.17, 15) is 5.11 Å². The Balaban J connectivity index is 2.21. The normalized spacial score (nSPS) is 28.2. The molecular weight excluding hydrogens is 244 g/mol. The molecule has 1 fully saturated rings. The Kier molecular flexibility index (Phi) is 4.99. The third kappa shape index (κ3) is 3.17. The van der Waals surface area contributed by atoms with E-state index in [1.807, 2.05) is 12.1 Å². The van der Waals surface area contributed by atoms with E-state index in [2.05, 4.69) is 18.7 Å². The lowest BCUT2D eigenvalue weighted by Crippen LogP contribution is -2.54. The minimum Gasteiger partial charge on any atom is -0.468 e. The van der Waals surface area contributed by atoms with Gasteiger partial charge in [-0.3, -0.25) is 4.90 Å². The monoisotopic (exact) mass is 268 g/mol. The highest BCUT2D eigenvalue weighted by molar-refractivity contribution is 5.09. The van der Waals surface area contributed by atoms with Crippen LogP contribution in [0.2, 0.25) is 0 Å². The molecule has 5 heteroatoms. The lowest BCUT2D eigenvalue weighted by Gasteiger charge is -2.43. The summed E-state index contributed by atoms with van der Waals surface area (Å²) in [7, 11) is 0. The van der Waals surface area contributed by atoms with Crippen LogP contribution in [-0.2, 0) is 4.74 Å². The second-order valence-electron chi connectivity index (χ2n) is 5.22. The first-order valence-electron chi connectivity index (χ1n) is 6.94. The summed E-state index contributed by atoms with van der Waals surface area (Å²) >= 11 is 0. The molecule has 1 aliphatic heterocycles. The van der Waals surface area contributed by atoms with Gasteiger partial charge >= 0.3 is 0 Å². The van der Waals surface area contributed by atoms with Crippen molar-refractivity contribution in [3.05, 3.63) is 24.2 Å². The third-order valence-electron chi connectivity index (χ3n) is 3.83. The highest BCUT2D eigenvalue weighted by atomic mass is 16.5. The smallest absolute Gasteiger partial charge is 0.122 e. The highest BCUT2D eigenvalue weighted by Gasteiger charge is 2.35. The van der Waals surface area contributed by atoms with E-state index in [0.717, 1.165) is 12.2 Å². The first kappa shape index (κ1) is 14.5. The zero-order chi connectivity index (χ0) is 13.8. The summed E-state index contributed by atoms with van der Waals surface area (Å²) in [6.45, 7) is 5.52. The van der Waals surface area contributed by atoms with E-state index in [1.54, 1.807) is 6.26 Å². The summed E-state index contributed by atoms with van der Waals surface area (Å²) in [5, 5.41) is 9.30. The quantitative estimate of drug-likeness (QED) is 0.838. The Hall–Kier alpha value is -0.880. The zero-order valence-electron chi connectivity index (χ0n) is 11.7. The van der Waals surface area contributed by atoms with Crippen LogP contribution < -0.4 is 5.73 Å². The lowest BCUT2D eigenvalue weighted by molar-refractivity contribution is -0.0972. The Morgan fingerprint density at radius 3 is 2.95 bits per heavy atom. The maximum absolute atomic E-state index is 9.30. The molecule has 1 aromatic rings. The number of aliphatic hydroxyl groups is 1. The van der Waals surface area contributed by atoms with Crippen LogP contribution in [0.5, 0.6) is 0 Å². The molecule has 4 unspecified atom stereocenters. The summed E-state index contributed by atoms with van der Waals surface area (Å²) in [5.74, 6) is 0.889. The molecule has 0 aromatic carbocycles. The van der Waals surface area contributed by atoms with Crippen LogP contribution in [0.3, 0.4) is 0 Å². The van der Waals surface area contributed by atoms with Gasteiger partial charge in [0.25, 0.3) is 0 Å². The van der Waals surface area contributed by atoms with Gasteiger partial charge in [-0.05, 0) is 25.5 Å². The first-order chi connectivity index (χ1) is 9.17. The highest BCUT2D eigenvalue weighted by Crippen LogP contribution is 2.30. The van der Waals surface area contributed by atoms with E-state index in [4.69, 9.17) is 14.9 Å². The number of ether oxygens (including phenoxy) is 1. The standard InChI is InChI=1S/C14H24N2O3/c1-3-12(15)14(13-5-4-6-18-13)16-7-11(8-17)19-9-10(16)2/h4-6,10-12,14,17H,3,7-9,15H2,1-2H3. The summed E-state index contributed by atoms with van der Waals surface area (Å²) in [4.78, 5) is 2.29. The van der Waals surface area contributed by atoms with E-state index in [1.165, 1.54) is 0 Å². The lowest BCUT2D eigenvalue weighted by atomic mass is 9.99. The van der Waals surface area contributed by atoms with Gasteiger partial charge in [0.15, 0.2) is 0 Å². The van der Waals surface area contributed by atoms with Crippen molar-refractivity contribution in [3.63, 3.8) is 0 Å². The predicted molar refractivity (Wildman–Crippen MR) is 72.7 cm³/mol. The number of aliphatic hydroxyl groups excluding tert-OH is 1. The average molecular weight is 268 g/mol. The molecule has 1 aromatic heterocycles. The molecule has 3 N–H and O–H groups in total. The Morgan fingerprint density at radius 1 is 1.58 bits per heavy atom. The topological polar surface area (TPSA) is 71.9 Å². The molecule has 0 radical (unpaired) electrons. The Morgan fingerprint density at radius 2 is 2.37 bits per heavy atom. The minimum atomic E-state index is -0.141. The maximum atomic E-state index is 9.30. The van der Waals surface area contributed by atoms with Crippen LogP contribution in [0.1, 0.15) is 32.1 Å². The fourth-order valence-corrected chi connectivity index (χ4v) is 2.64. The SMILES string of the molecule is CCC(N)C(c1ccco1)N1CC(CO)OCC1C. The van der Waals surface area contributed by atoms with Crippen molar-refractivity contribution in [1.29, 1.82) is 0 Å². The predicted octanol–water partition coefficient (Wildman–Crippen LogP) is 1.14. The Bertz CT molecular complexity index is 369. The molecular formula is C14H24N2O3. The van der Waals surface area contributed by atoms with E-state index in [-0.39, 0.29) is 30.8 Å². The van der Waals surface area contributed by atoms with Gasteiger partial charge in [0.2, 0.25) is 0 Å². The largest absolute Gasteiger partial charge is 0.468 e. The van der Waals surface area contributed by atoms with Crippen molar-refractivity contribution >= 4 is 0 Å². The molecule has 2 rings (SSSR count). The van der Waals surface area contributed by atoms with Crippen molar-refractivity contribution in [2.75, 3.05) is 19.8 Å². The van der Waals surface area contributed by atoms with Crippen molar-refractivity contribution in [2.45, 2.75) is 44.5 Å². The molecule has 1 saturated heterocycles. The second kappa shape index (κ2) is 6.52.